The molecule has 5 heteroatoms. The van der Waals surface area contributed by atoms with E-state index in [0.717, 1.165) is 22.9 Å². The molecule has 0 radical (unpaired) electrons. The summed E-state index contributed by atoms with van der Waals surface area (Å²) in [6.45, 7) is 3.73. The van der Waals surface area contributed by atoms with Gasteiger partial charge in [0.05, 0.1) is 13.2 Å². The van der Waals surface area contributed by atoms with Gasteiger partial charge in [-0.1, -0.05) is 43.3 Å². The van der Waals surface area contributed by atoms with Crippen molar-refractivity contribution in [3.63, 3.8) is 0 Å². The molecule has 0 aliphatic carbocycles. The second-order valence-corrected chi connectivity index (χ2v) is 7.64. The highest BCUT2D eigenvalue weighted by molar-refractivity contribution is 5.84. The number of benzene rings is 3. The molecule has 0 saturated carbocycles. The molecule has 1 aliphatic rings. The summed E-state index contributed by atoms with van der Waals surface area (Å²) in [7, 11) is 0. The lowest BCUT2D eigenvalue weighted by molar-refractivity contribution is -0.230. The molecular formula is C25H26F2O3. The van der Waals surface area contributed by atoms with Crippen LogP contribution in [0, 0.1) is 11.6 Å². The second kappa shape index (κ2) is 9.65. The Bertz CT molecular complexity index is 980. The van der Waals surface area contributed by atoms with Crippen molar-refractivity contribution in [2.75, 3.05) is 19.8 Å². The topological polar surface area (TPSA) is 27.7 Å². The first-order chi connectivity index (χ1) is 14.6. The molecule has 4 rings (SSSR count). The molecule has 0 spiro atoms. The van der Waals surface area contributed by atoms with E-state index in [1.54, 1.807) is 18.2 Å². The Morgan fingerprint density at radius 2 is 1.70 bits per heavy atom. The van der Waals surface area contributed by atoms with E-state index >= 15 is 4.39 Å². The Morgan fingerprint density at radius 3 is 2.43 bits per heavy atom. The number of hydrogen-bond donors (Lipinski definition) is 0. The van der Waals surface area contributed by atoms with Crippen LogP contribution in [0.3, 0.4) is 0 Å². The first-order valence-corrected chi connectivity index (χ1v) is 10.4. The number of rotatable bonds is 7. The molecule has 0 bridgehead atoms. The van der Waals surface area contributed by atoms with Crippen molar-refractivity contribution in [2.45, 2.75) is 38.6 Å². The van der Waals surface area contributed by atoms with E-state index in [-0.39, 0.29) is 17.7 Å². The third-order valence-corrected chi connectivity index (χ3v) is 5.35. The molecule has 1 heterocycles. The van der Waals surface area contributed by atoms with Gasteiger partial charge in [-0.15, -0.1) is 0 Å². The highest BCUT2D eigenvalue weighted by Crippen LogP contribution is 2.29. The Balaban J connectivity index is 1.44. The lowest BCUT2D eigenvalue weighted by atomic mass is 9.99. The van der Waals surface area contributed by atoms with E-state index in [9.17, 15) is 4.39 Å². The molecule has 1 fully saturated rings. The highest BCUT2D eigenvalue weighted by atomic mass is 19.1. The van der Waals surface area contributed by atoms with Crippen LogP contribution in [0.2, 0.25) is 0 Å². The summed E-state index contributed by atoms with van der Waals surface area (Å²) >= 11 is 0. The van der Waals surface area contributed by atoms with E-state index < -0.39 is 6.29 Å². The maximum atomic E-state index is 15.0. The zero-order valence-corrected chi connectivity index (χ0v) is 17.1. The first-order valence-electron chi connectivity index (χ1n) is 10.4. The lowest BCUT2D eigenvalue weighted by Crippen LogP contribution is -2.33. The van der Waals surface area contributed by atoms with E-state index in [1.807, 2.05) is 24.3 Å². The maximum Gasteiger partial charge on any atom is 0.184 e. The first kappa shape index (κ1) is 20.9. The predicted octanol–water partition coefficient (Wildman–Crippen LogP) is 5.74. The van der Waals surface area contributed by atoms with Crippen LogP contribution in [0.1, 0.15) is 36.3 Å². The molecule has 0 amide bonds. The molecule has 0 unspecified atom stereocenters. The molecule has 0 N–H and O–H groups in total. The molecule has 30 heavy (non-hydrogen) atoms. The van der Waals surface area contributed by atoms with Gasteiger partial charge >= 0.3 is 0 Å². The Kier molecular flexibility index (Phi) is 6.72. The van der Waals surface area contributed by atoms with Gasteiger partial charge in [-0.2, -0.15) is 0 Å². The quantitative estimate of drug-likeness (QED) is 0.495. The molecule has 158 valence electrons. The fourth-order valence-electron chi connectivity index (χ4n) is 3.68. The van der Waals surface area contributed by atoms with Gasteiger partial charge in [-0.05, 0) is 54.0 Å². The minimum Gasteiger partial charge on any atom is -0.373 e. The van der Waals surface area contributed by atoms with Gasteiger partial charge in [0.15, 0.2) is 6.29 Å². The van der Waals surface area contributed by atoms with Gasteiger partial charge in [-0.3, -0.25) is 0 Å². The van der Waals surface area contributed by atoms with Gasteiger partial charge in [0.2, 0.25) is 0 Å². The van der Waals surface area contributed by atoms with Gasteiger partial charge in [-0.25, -0.2) is 8.78 Å². The van der Waals surface area contributed by atoms with Crippen molar-refractivity contribution in [1.82, 2.24) is 0 Å². The van der Waals surface area contributed by atoms with Crippen LogP contribution in [-0.4, -0.2) is 25.9 Å². The Morgan fingerprint density at radius 1 is 0.933 bits per heavy atom. The molecule has 0 aromatic heterocycles. The summed E-state index contributed by atoms with van der Waals surface area (Å²) in [4.78, 5) is 0. The van der Waals surface area contributed by atoms with E-state index in [2.05, 4.69) is 6.92 Å². The van der Waals surface area contributed by atoms with Crippen molar-refractivity contribution in [1.29, 1.82) is 0 Å². The number of aryl methyl sites for hydroxylation is 2. The van der Waals surface area contributed by atoms with Crippen LogP contribution in [0.4, 0.5) is 8.78 Å². The summed E-state index contributed by atoms with van der Waals surface area (Å²) in [5, 5.41) is 1.39. The fourth-order valence-corrected chi connectivity index (χ4v) is 3.68. The van der Waals surface area contributed by atoms with E-state index in [0.29, 0.717) is 43.6 Å². The fraction of sp³-hybridized carbons (Fsp3) is 0.360. The minimum absolute atomic E-state index is 0.0391. The summed E-state index contributed by atoms with van der Waals surface area (Å²) in [5.41, 5.74) is 2.51. The minimum atomic E-state index is -0.461. The highest BCUT2D eigenvalue weighted by Gasteiger charge is 2.24. The number of fused-ring (bicyclic) bond motifs is 1. The van der Waals surface area contributed by atoms with Crippen LogP contribution < -0.4 is 0 Å². The van der Waals surface area contributed by atoms with Gasteiger partial charge < -0.3 is 14.2 Å². The van der Waals surface area contributed by atoms with Gasteiger partial charge in [0, 0.05) is 17.6 Å². The van der Waals surface area contributed by atoms with Crippen molar-refractivity contribution < 1.29 is 23.0 Å². The molecule has 3 aromatic carbocycles. The third kappa shape index (κ3) is 4.86. The summed E-state index contributed by atoms with van der Waals surface area (Å²) < 4.78 is 45.3. The standard InChI is InChI=1S/C25H26F2O3/c1-2-13-28-22-15-29-25(30-16-22)20-9-12-23-19(14-20)8-7-18(24(23)27)6-3-17-4-10-21(26)11-5-17/h4-5,7-12,14,22,25H,2-3,6,13,15-16H2,1H3. The summed E-state index contributed by atoms with van der Waals surface area (Å²) in [5.74, 6) is -0.471. The maximum absolute atomic E-state index is 15.0. The van der Waals surface area contributed by atoms with Crippen LogP contribution in [0.5, 0.6) is 0 Å². The van der Waals surface area contributed by atoms with Crippen LogP contribution >= 0.6 is 0 Å². The van der Waals surface area contributed by atoms with Gasteiger partial charge in [0.25, 0.3) is 0 Å². The van der Waals surface area contributed by atoms with Gasteiger partial charge in [0.1, 0.15) is 17.7 Å². The molecule has 3 nitrogen and oxygen atoms in total. The van der Waals surface area contributed by atoms with Crippen LogP contribution in [0.15, 0.2) is 54.6 Å². The monoisotopic (exact) mass is 412 g/mol. The van der Waals surface area contributed by atoms with Crippen LogP contribution in [-0.2, 0) is 27.1 Å². The molecule has 0 atom stereocenters. The van der Waals surface area contributed by atoms with Crippen molar-refractivity contribution in [2.24, 2.45) is 0 Å². The zero-order chi connectivity index (χ0) is 20.9. The summed E-state index contributed by atoms with van der Waals surface area (Å²) in [6.07, 6.45) is 1.68. The van der Waals surface area contributed by atoms with Crippen molar-refractivity contribution in [3.8, 4) is 0 Å². The zero-order valence-electron chi connectivity index (χ0n) is 17.1. The lowest BCUT2D eigenvalue weighted by Gasteiger charge is -2.29. The molecular weight excluding hydrogens is 386 g/mol. The normalized spacial score (nSPS) is 19.3. The average Bonchev–Trinajstić information content (AvgIpc) is 2.78. The Labute approximate surface area is 175 Å². The number of halogens is 2. The average molecular weight is 412 g/mol. The largest absolute Gasteiger partial charge is 0.373 e. The molecule has 1 aliphatic heterocycles. The molecule has 1 saturated heterocycles. The predicted molar refractivity (Wildman–Crippen MR) is 112 cm³/mol. The van der Waals surface area contributed by atoms with Crippen molar-refractivity contribution in [3.05, 3.63) is 82.9 Å². The number of hydrogen-bond acceptors (Lipinski definition) is 3. The molecule has 3 aromatic rings. The third-order valence-electron chi connectivity index (χ3n) is 5.35. The smallest absolute Gasteiger partial charge is 0.184 e. The van der Waals surface area contributed by atoms with E-state index in [4.69, 9.17) is 14.2 Å². The number of ether oxygens (including phenoxy) is 3. The SMILES string of the molecule is CCCOC1COC(c2ccc3c(F)c(CCc4ccc(F)cc4)ccc3c2)OC1. The van der Waals surface area contributed by atoms with Crippen molar-refractivity contribution >= 4 is 10.8 Å². The summed E-state index contributed by atoms with van der Waals surface area (Å²) in [6, 6.07) is 15.6. The second-order valence-electron chi connectivity index (χ2n) is 7.64. The Hall–Kier alpha value is -2.34. The van der Waals surface area contributed by atoms with E-state index in [1.165, 1.54) is 12.1 Å². The van der Waals surface area contributed by atoms with Crippen LogP contribution in [0.25, 0.3) is 10.8 Å².